The van der Waals surface area contributed by atoms with Gasteiger partial charge in [-0.15, -0.1) is 0 Å². The van der Waals surface area contributed by atoms with Crippen LogP contribution >= 0.6 is 0 Å². The molecule has 0 saturated heterocycles. The Balaban J connectivity index is 1.87. The Morgan fingerprint density at radius 3 is 2.39 bits per heavy atom. The van der Waals surface area contributed by atoms with Crippen LogP contribution in [0.25, 0.3) is 0 Å². The molecule has 0 radical (unpaired) electrons. The highest BCUT2D eigenvalue weighted by molar-refractivity contribution is 7.90. The van der Waals surface area contributed by atoms with Crippen molar-refractivity contribution < 1.29 is 32.0 Å². The molecule has 1 heterocycles. The van der Waals surface area contributed by atoms with Crippen molar-refractivity contribution in [2.45, 2.75) is 30.4 Å². The lowest BCUT2D eigenvalue weighted by Crippen LogP contribution is -2.41. The summed E-state index contributed by atoms with van der Waals surface area (Å²) in [7, 11) is -3.61. The quantitative estimate of drug-likeness (QED) is 0.498. The number of hydrogen-bond acceptors (Lipinski definition) is 7. The molecule has 2 N–H and O–H groups in total. The summed E-state index contributed by atoms with van der Waals surface area (Å²) < 4.78 is 34.6. The molecule has 0 spiro atoms. The van der Waals surface area contributed by atoms with Crippen molar-refractivity contribution in [2.75, 3.05) is 6.61 Å². The molecular weight excluding hydrogens is 388 g/mol. The second-order valence-corrected chi connectivity index (χ2v) is 7.63. The third kappa shape index (κ3) is 6.23. The van der Waals surface area contributed by atoms with E-state index in [1.54, 1.807) is 25.1 Å². The van der Waals surface area contributed by atoms with Crippen molar-refractivity contribution >= 4 is 27.6 Å². The van der Waals surface area contributed by atoms with Crippen LogP contribution in [0, 0.1) is 0 Å². The number of furan rings is 1. The number of carbonyl (C=O) groups excluding carboxylic acids is 3. The van der Waals surface area contributed by atoms with Crippen LogP contribution < -0.4 is 10.9 Å². The summed E-state index contributed by atoms with van der Waals surface area (Å²) in [6.07, 6.45) is -0.268. The Labute approximate surface area is 161 Å². The van der Waals surface area contributed by atoms with Gasteiger partial charge in [-0.05, 0) is 31.2 Å². The van der Waals surface area contributed by atoms with Crippen molar-refractivity contribution in [1.82, 2.24) is 10.9 Å². The Hall–Kier alpha value is -3.14. The minimum absolute atomic E-state index is 0.0858. The van der Waals surface area contributed by atoms with Gasteiger partial charge in [0.05, 0.1) is 17.9 Å². The van der Waals surface area contributed by atoms with Crippen molar-refractivity contribution in [3.8, 4) is 0 Å². The topological polar surface area (TPSA) is 132 Å². The molecule has 0 bridgehead atoms. The molecule has 0 aliphatic heterocycles. The summed E-state index contributed by atoms with van der Waals surface area (Å²) in [6, 6.07) is 10.5. The van der Waals surface area contributed by atoms with Gasteiger partial charge in [0.1, 0.15) is 11.5 Å². The van der Waals surface area contributed by atoms with Gasteiger partial charge in [0.25, 0.3) is 0 Å². The van der Waals surface area contributed by atoms with Gasteiger partial charge in [-0.2, -0.15) is 0 Å². The van der Waals surface area contributed by atoms with Crippen LogP contribution in [0.2, 0.25) is 0 Å². The van der Waals surface area contributed by atoms with Crippen LogP contribution in [0.5, 0.6) is 0 Å². The molecule has 0 atom stereocenters. The third-order valence-electron chi connectivity index (χ3n) is 3.50. The second-order valence-electron chi connectivity index (χ2n) is 5.65. The van der Waals surface area contributed by atoms with E-state index in [2.05, 4.69) is 10.9 Å². The number of ether oxygens (including phenoxy) is 1. The van der Waals surface area contributed by atoms with Gasteiger partial charge in [-0.25, -0.2) is 8.42 Å². The molecular formula is C18H20N2O7S. The molecule has 2 rings (SSSR count). The standard InChI is InChI=1S/C18H20N2O7S/c1-2-26-17(22)11-10-16(21)19-20-18(23)15-9-8-13(27-15)12-28(24,25)14-6-4-3-5-7-14/h3-9H,2,10-12H2,1H3,(H,19,21)(H,20,23). The van der Waals surface area contributed by atoms with Crippen LogP contribution in [0.15, 0.2) is 51.8 Å². The zero-order valence-corrected chi connectivity index (χ0v) is 16.0. The number of carbonyl (C=O) groups is 3. The predicted octanol–water partition coefficient (Wildman–Crippen LogP) is 1.36. The van der Waals surface area contributed by atoms with E-state index in [9.17, 15) is 22.8 Å². The molecule has 0 unspecified atom stereocenters. The van der Waals surface area contributed by atoms with Crippen molar-refractivity contribution in [3.05, 3.63) is 54.0 Å². The minimum Gasteiger partial charge on any atom is -0.466 e. The summed E-state index contributed by atoms with van der Waals surface area (Å²) in [5.41, 5.74) is 4.27. The molecule has 10 heteroatoms. The summed E-state index contributed by atoms with van der Waals surface area (Å²) in [6.45, 7) is 1.87. The van der Waals surface area contributed by atoms with Crippen LogP contribution in [0.1, 0.15) is 36.1 Å². The predicted molar refractivity (Wildman–Crippen MR) is 97.5 cm³/mol. The van der Waals surface area contributed by atoms with Crippen molar-refractivity contribution in [1.29, 1.82) is 0 Å². The summed E-state index contributed by atoms with van der Waals surface area (Å²) in [4.78, 5) is 34.9. The molecule has 9 nitrogen and oxygen atoms in total. The van der Waals surface area contributed by atoms with E-state index < -0.39 is 33.4 Å². The highest BCUT2D eigenvalue weighted by atomic mass is 32.2. The fourth-order valence-corrected chi connectivity index (χ4v) is 3.44. The molecule has 150 valence electrons. The van der Waals surface area contributed by atoms with Crippen LogP contribution in [-0.2, 0) is 29.9 Å². The van der Waals surface area contributed by atoms with E-state index in [0.717, 1.165) is 0 Å². The van der Waals surface area contributed by atoms with E-state index >= 15 is 0 Å². The SMILES string of the molecule is CCOC(=O)CCC(=O)NNC(=O)c1ccc(CS(=O)(=O)c2ccccc2)o1. The van der Waals surface area contributed by atoms with Crippen LogP contribution in [0.4, 0.5) is 0 Å². The third-order valence-corrected chi connectivity index (χ3v) is 5.15. The molecule has 28 heavy (non-hydrogen) atoms. The first-order valence-corrected chi connectivity index (χ1v) is 10.1. The van der Waals surface area contributed by atoms with Crippen LogP contribution in [0.3, 0.4) is 0 Å². The molecule has 0 saturated carbocycles. The highest BCUT2D eigenvalue weighted by Gasteiger charge is 2.19. The number of esters is 1. The lowest BCUT2D eigenvalue weighted by atomic mass is 10.3. The maximum atomic E-state index is 12.3. The molecule has 2 aromatic rings. The number of benzene rings is 1. The number of hydrazine groups is 1. The summed E-state index contributed by atoms with van der Waals surface area (Å²) in [5.74, 6) is -2.34. The van der Waals surface area contributed by atoms with E-state index in [-0.39, 0.29) is 35.9 Å². The average Bonchev–Trinajstić information content (AvgIpc) is 3.13. The van der Waals surface area contributed by atoms with Gasteiger partial charge in [0.2, 0.25) is 5.91 Å². The number of hydrogen-bond donors (Lipinski definition) is 2. The maximum absolute atomic E-state index is 12.3. The maximum Gasteiger partial charge on any atom is 0.306 e. The lowest BCUT2D eigenvalue weighted by molar-refractivity contribution is -0.144. The van der Waals surface area contributed by atoms with Gasteiger partial charge < -0.3 is 9.15 Å². The summed E-state index contributed by atoms with van der Waals surface area (Å²) in [5, 5.41) is 0. The Kier molecular flexibility index (Phi) is 7.33. The normalized spacial score (nSPS) is 10.9. The average molecular weight is 408 g/mol. The zero-order chi connectivity index (χ0) is 20.6. The molecule has 1 aromatic heterocycles. The lowest BCUT2D eigenvalue weighted by Gasteiger charge is -2.06. The van der Waals surface area contributed by atoms with E-state index in [4.69, 9.17) is 9.15 Å². The Morgan fingerprint density at radius 1 is 1.00 bits per heavy atom. The number of rotatable bonds is 8. The molecule has 0 fully saturated rings. The first-order valence-electron chi connectivity index (χ1n) is 8.43. The molecule has 2 amide bonds. The smallest absolute Gasteiger partial charge is 0.306 e. The fourth-order valence-electron chi connectivity index (χ4n) is 2.18. The molecule has 0 aliphatic rings. The van der Waals surface area contributed by atoms with Gasteiger partial charge in [-0.1, -0.05) is 18.2 Å². The van der Waals surface area contributed by atoms with Gasteiger partial charge in [0.15, 0.2) is 15.6 Å². The summed E-state index contributed by atoms with van der Waals surface area (Å²) >= 11 is 0. The number of sulfone groups is 1. The van der Waals surface area contributed by atoms with Crippen LogP contribution in [-0.4, -0.2) is 32.8 Å². The Bertz CT molecular complexity index is 936. The fraction of sp³-hybridized carbons (Fsp3) is 0.278. The largest absolute Gasteiger partial charge is 0.466 e. The van der Waals surface area contributed by atoms with E-state index in [1.807, 2.05) is 0 Å². The van der Waals surface area contributed by atoms with Gasteiger partial charge in [0, 0.05) is 6.42 Å². The second kappa shape index (κ2) is 9.70. The molecule has 0 aliphatic carbocycles. The molecule has 1 aromatic carbocycles. The monoisotopic (exact) mass is 408 g/mol. The van der Waals surface area contributed by atoms with Crippen molar-refractivity contribution in [3.63, 3.8) is 0 Å². The number of amides is 2. The van der Waals surface area contributed by atoms with E-state index in [0.29, 0.717) is 0 Å². The Morgan fingerprint density at radius 2 is 1.71 bits per heavy atom. The van der Waals surface area contributed by atoms with E-state index in [1.165, 1.54) is 24.3 Å². The first kappa shape index (κ1) is 21.2. The first-order chi connectivity index (χ1) is 13.3. The minimum atomic E-state index is -3.61. The highest BCUT2D eigenvalue weighted by Crippen LogP contribution is 2.18. The zero-order valence-electron chi connectivity index (χ0n) is 15.1. The van der Waals surface area contributed by atoms with Crippen molar-refractivity contribution in [2.24, 2.45) is 0 Å². The van der Waals surface area contributed by atoms with Gasteiger partial charge in [-0.3, -0.25) is 25.2 Å². The number of nitrogens with one attached hydrogen (secondary N) is 2. The van der Waals surface area contributed by atoms with Gasteiger partial charge >= 0.3 is 11.9 Å².